The van der Waals surface area contributed by atoms with Gasteiger partial charge in [-0.05, 0) is 30.3 Å². The summed E-state index contributed by atoms with van der Waals surface area (Å²) in [5.41, 5.74) is 8.12. The number of hydrogen-bond donors (Lipinski definition) is 1. The van der Waals surface area contributed by atoms with Gasteiger partial charge in [0, 0.05) is 36.1 Å². The average Bonchev–Trinajstić information content (AvgIpc) is 2.87. The normalized spacial score (nSPS) is 13.4. The molecule has 0 fully saturated rings. The quantitative estimate of drug-likeness (QED) is 0.736. The number of nitrogens with zero attached hydrogens (tertiary/aromatic N) is 3. The minimum atomic E-state index is 0.00355. The number of carbonyl (C=O) groups excluding carboxylic acids is 1. The lowest BCUT2D eigenvalue weighted by Gasteiger charge is -2.13. The van der Waals surface area contributed by atoms with E-state index in [0.29, 0.717) is 28.5 Å². The number of pyridine rings is 2. The van der Waals surface area contributed by atoms with Gasteiger partial charge in [-0.1, -0.05) is 0 Å². The monoisotopic (exact) mass is 306 g/mol. The molecule has 0 radical (unpaired) electrons. The van der Waals surface area contributed by atoms with E-state index in [9.17, 15) is 4.79 Å². The Morgan fingerprint density at radius 2 is 2.00 bits per heavy atom. The molecular formula is C17H14N4O2. The van der Waals surface area contributed by atoms with Crippen LogP contribution in [0, 0.1) is 0 Å². The van der Waals surface area contributed by atoms with Crippen LogP contribution in [0.4, 0.5) is 11.5 Å². The summed E-state index contributed by atoms with van der Waals surface area (Å²) >= 11 is 0. The highest BCUT2D eigenvalue weighted by Crippen LogP contribution is 2.37. The largest absolute Gasteiger partial charge is 0.455 e. The number of rotatable bonds is 2. The summed E-state index contributed by atoms with van der Waals surface area (Å²) < 4.78 is 6.05. The molecule has 0 aliphatic carbocycles. The highest BCUT2D eigenvalue weighted by Gasteiger charge is 2.28. The van der Waals surface area contributed by atoms with Crippen LogP contribution in [0.3, 0.4) is 0 Å². The van der Waals surface area contributed by atoms with Crippen molar-refractivity contribution in [1.82, 2.24) is 9.97 Å². The number of anilines is 2. The Hall–Kier alpha value is -3.15. The number of hydrogen-bond acceptors (Lipinski definition) is 5. The molecule has 0 bridgehead atoms. The molecule has 1 aliphatic rings. The van der Waals surface area contributed by atoms with E-state index in [-0.39, 0.29) is 12.3 Å². The van der Waals surface area contributed by atoms with Gasteiger partial charge in [0.05, 0.1) is 6.42 Å². The topological polar surface area (TPSA) is 81.3 Å². The maximum absolute atomic E-state index is 11.9. The molecule has 2 aromatic heterocycles. The first-order chi connectivity index (χ1) is 11.1. The van der Waals surface area contributed by atoms with Crippen LogP contribution in [0.2, 0.25) is 0 Å². The summed E-state index contributed by atoms with van der Waals surface area (Å²) in [5, 5.41) is 0.837. The molecule has 6 nitrogen and oxygen atoms in total. The Bertz CT molecular complexity index is 939. The van der Waals surface area contributed by atoms with E-state index < -0.39 is 0 Å². The molecule has 114 valence electrons. The van der Waals surface area contributed by atoms with E-state index in [2.05, 4.69) is 9.97 Å². The number of nitrogen functional groups attached to an aromatic ring is 1. The summed E-state index contributed by atoms with van der Waals surface area (Å²) in [5.74, 6) is 1.86. The van der Waals surface area contributed by atoms with Crippen LogP contribution >= 0.6 is 0 Å². The predicted molar refractivity (Wildman–Crippen MR) is 87.6 cm³/mol. The molecule has 0 saturated carbocycles. The third kappa shape index (κ3) is 2.07. The molecule has 0 spiro atoms. The highest BCUT2D eigenvalue weighted by atomic mass is 16.5. The van der Waals surface area contributed by atoms with Gasteiger partial charge in [-0.15, -0.1) is 0 Å². The van der Waals surface area contributed by atoms with E-state index in [4.69, 9.17) is 10.5 Å². The van der Waals surface area contributed by atoms with E-state index in [0.717, 1.165) is 10.9 Å². The van der Waals surface area contributed by atoms with Crippen LogP contribution in [0.5, 0.6) is 11.5 Å². The molecule has 1 amide bonds. The lowest BCUT2D eigenvalue weighted by atomic mass is 10.1. The Labute approximate surface area is 132 Å². The lowest BCUT2D eigenvalue weighted by Crippen LogP contribution is -2.21. The number of likely N-dealkylation sites (N-methyl/N-ethyl adjacent to an activating group) is 1. The molecule has 0 saturated heterocycles. The maximum Gasteiger partial charge on any atom is 0.232 e. The van der Waals surface area contributed by atoms with Gasteiger partial charge in [0.25, 0.3) is 0 Å². The highest BCUT2D eigenvalue weighted by molar-refractivity contribution is 6.00. The van der Waals surface area contributed by atoms with Crippen molar-refractivity contribution in [2.75, 3.05) is 17.7 Å². The standard InChI is InChI=1S/C17H14N4O2/c1-21-15(22)9-11-13(6-8-20-17(11)21)23-14-5-4-12(18)10-3-2-7-19-16(10)14/h2-8H,9,18H2,1H3. The van der Waals surface area contributed by atoms with Crippen LogP contribution in [0.1, 0.15) is 5.56 Å². The third-order valence-corrected chi connectivity index (χ3v) is 4.00. The molecule has 0 unspecified atom stereocenters. The summed E-state index contributed by atoms with van der Waals surface area (Å²) in [7, 11) is 1.71. The van der Waals surface area contributed by atoms with Crippen LogP contribution < -0.4 is 15.4 Å². The van der Waals surface area contributed by atoms with Crippen molar-refractivity contribution < 1.29 is 9.53 Å². The Morgan fingerprint density at radius 1 is 1.13 bits per heavy atom. The molecular weight excluding hydrogens is 292 g/mol. The SMILES string of the molecule is CN1C(=O)Cc2c(Oc3ccc(N)c4cccnc34)ccnc21. The van der Waals surface area contributed by atoms with Crippen LogP contribution in [0.15, 0.2) is 42.7 Å². The molecule has 0 atom stereocenters. The van der Waals surface area contributed by atoms with Gasteiger partial charge in [0.2, 0.25) is 5.91 Å². The molecule has 2 N–H and O–H groups in total. The number of ether oxygens (including phenoxy) is 1. The van der Waals surface area contributed by atoms with Crippen LogP contribution in [-0.2, 0) is 11.2 Å². The summed E-state index contributed by atoms with van der Waals surface area (Å²) in [6, 6.07) is 9.07. The van der Waals surface area contributed by atoms with Gasteiger partial charge in [0.15, 0.2) is 5.75 Å². The molecule has 1 aromatic carbocycles. The Balaban J connectivity index is 1.82. The maximum atomic E-state index is 11.9. The van der Waals surface area contributed by atoms with Gasteiger partial charge in [-0.25, -0.2) is 4.98 Å². The van der Waals surface area contributed by atoms with Gasteiger partial charge < -0.3 is 10.5 Å². The Kier molecular flexibility index (Phi) is 2.90. The lowest BCUT2D eigenvalue weighted by molar-refractivity contribution is -0.117. The van der Waals surface area contributed by atoms with E-state index >= 15 is 0 Å². The number of carbonyl (C=O) groups is 1. The molecule has 6 heteroatoms. The molecule has 3 aromatic rings. The van der Waals surface area contributed by atoms with Crippen LogP contribution in [-0.4, -0.2) is 22.9 Å². The first kappa shape index (κ1) is 13.5. The van der Waals surface area contributed by atoms with Gasteiger partial charge in [-0.3, -0.25) is 14.7 Å². The van der Waals surface area contributed by atoms with Crippen molar-refractivity contribution in [2.24, 2.45) is 0 Å². The number of amides is 1. The van der Waals surface area contributed by atoms with E-state index in [1.165, 1.54) is 0 Å². The summed E-state index contributed by atoms with van der Waals surface area (Å²) in [6.45, 7) is 0. The second-order valence-electron chi connectivity index (χ2n) is 5.40. The van der Waals surface area contributed by atoms with Gasteiger partial charge >= 0.3 is 0 Å². The first-order valence-electron chi connectivity index (χ1n) is 7.20. The minimum Gasteiger partial charge on any atom is -0.455 e. The Morgan fingerprint density at radius 3 is 2.87 bits per heavy atom. The smallest absolute Gasteiger partial charge is 0.232 e. The van der Waals surface area contributed by atoms with Gasteiger partial charge in [0.1, 0.15) is 17.1 Å². The predicted octanol–water partition coefficient (Wildman–Crippen LogP) is 2.52. The first-order valence-corrected chi connectivity index (χ1v) is 7.20. The number of aromatic nitrogens is 2. The van der Waals surface area contributed by atoms with Crippen molar-refractivity contribution in [3.05, 3.63) is 48.3 Å². The van der Waals surface area contributed by atoms with Crippen molar-refractivity contribution in [3.8, 4) is 11.5 Å². The molecule has 23 heavy (non-hydrogen) atoms. The second-order valence-corrected chi connectivity index (χ2v) is 5.40. The molecule has 3 heterocycles. The number of benzene rings is 1. The van der Waals surface area contributed by atoms with E-state index in [1.807, 2.05) is 12.1 Å². The number of nitrogens with two attached hydrogens (primary N) is 1. The van der Waals surface area contributed by atoms with Crippen LogP contribution in [0.25, 0.3) is 10.9 Å². The average molecular weight is 306 g/mol. The van der Waals surface area contributed by atoms with E-state index in [1.54, 1.807) is 42.5 Å². The second kappa shape index (κ2) is 4.95. The zero-order chi connectivity index (χ0) is 16.0. The fraction of sp³-hybridized carbons (Fsp3) is 0.118. The minimum absolute atomic E-state index is 0.00355. The summed E-state index contributed by atoms with van der Waals surface area (Å²) in [4.78, 5) is 22.1. The van der Waals surface area contributed by atoms with Crippen molar-refractivity contribution in [1.29, 1.82) is 0 Å². The third-order valence-electron chi connectivity index (χ3n) is 4.00. The zero-order valence-electron chi connectivity index (χ0n) is 12.5. The zero-order valence-corrected chi connectivity index (χ0v) is 12.5. The summed E-state index contributed by atoms with van der Waals surface area (Å²) in [6.07, 6.45) is 3.62. The fourth-order valence-electron chi connectivity index (χ4n) is 2.77. The number of fused-ring (bicyclic) bond motifs is 2. The van der Waals surface area contributed by atoms with Crippen molar-refractivity contribution in [2.45, 2.75) is 6.42 Å². The molecule has 4 rings (SSSR count). The fourth-order valence-corrected chi connectivity index (χ4v) is 2.77. The molecule has 1 aliphatic heterocycles. The van der Waals surface area contributed by atoms with Gasteiger partial charge in [-0.2, -0.15) is 0 Å². The van der Waals surface area contributed by atoms with Crippen molar-refractivity contribution >= 4 is 28.3 Å². The van der Waals surface area contributed by atoms with Crippen molar-refractivity contribution in [3.63, 3.8) is 0 Å².